The first-order valence-corrected chi connectivity index (χ1v) is 6.31. The van der Waals surface area contributed by atoms with Crippen LogP contribution in [0.3, 0.4) is 0 Å². The number of aryl methyl sites for hydroxylation is 1. The molecule has 0 spiro atoms. The summed E-state index contributed by atoms with van der Waals surface area (Å²) in [6.07, 6.45) is 2.00. The lowest BCUT2D eigenvalue weighted by molar-refractivity contribution is 0.122. The van der Waals surface area contributed by atoms with Gasteiger partial charge < -0.3 is 14.8 Å². The van der Waals surface area contributed by atoms with E-state index in [0.717, 1.165) is 38.3 Å². The van der Waals surface area contributed by atoms with Gasteiger partial charge >= 0.3 is 0 Å². The minimum absolute atomic E-state index is 0.713. The first-order chi connectivity index (χ1) is 8.36. The summed E-state index contributed by atoms with van der Waals surface area (Å²) in [6, 6.07) is 8.28. The van der Waals surface area contributed by atoms with Gasteiger partial charge in [-0.3, -0.25) is 0 Å². The van der Waals surface area contributed by atoms with Gasteiger partial charge in [0.05, 0.1) is 13.2 Å². The van der Waals surface area contributed by atoms with E-state index in [-0.39, 0.29) is 0 Å². The van der Waals surface area contributed by atoms with Gasteiger partial charge in [-0.2, -0.15) is 0 Å². The fourth-order valence-corrected chi connectivity index (χ4v) is 1.45. The van der Waals surface area contributed by atoms with Crippen molar-refractivity contribution in [3.8, 4) is 5.75 Å². The predicted molar refractivity (Wildman–Crippen MR) is 70.7 cm³/mol. The molecule has 1 aromatic rings. The Hall–Kier alpha value is -1.06. The minimum atomic E-state index is 0.713. The van der Waals surface area contributed by atoms with Gasteiger partial charge in [-0.1, -0.05) is 19.1 Å². The molecular formula is C14H23NO2. The van der Waals surface area contributed by atoms with Crippen LogP contribution < -0.4 is 10.1 Å². The highest BCUT2D eigenvalue weighted by Gasteiger charge is 1.94. The van der Waals surface area contributed by atoms with Crippen molar-refractivity contribution in [3.05, 3.63) is 29.8 Å². The van der Waals surface area contributed by atoms with Crippen LogP contribution in [-0.4, -0.2) is 33.4 Å². The number of hydrogen-bond donors (Lipinski definition) is 1. The van der Waals surface area contributed by atoms with Crippen LogP contribution in [0.5, 0.6) is 5.75 Å². The van der Waals surface area contributed by atoms with Crippen LogP contribution in [0.2, 0.25) is 0 Å². The number of ether oxygens (including phenoxy) is 2. The quantitative estimate of drug-likeness (QED) is 0.668. The molecule has 1 rings (SSSR count). The first kappa shape index (κ1) is 14.0. The maximum absolute atomic E-state index is 5.62. The lowest BCUT2D eigenvalue weighted by Crippen LogP contribution is -2.15. The molecule has 0 amide bonds. The second-order valence-corrected chi connectivity index (χ2v) is 3.92. The summed E-state index contributed by atoms with van der Waals surface area (Å²) in [5.74, 6) is 0.942. The molecule has 3 nitrogen and oxygen atoms in total. The third-order valence-corrected chi connectivity index (χ3v) is 2.53. The Morgan fingerprint density at radius 1 is 1.06 bits per heavy atom. The van der Waals surface area contributed by atoms with E-state index in [4.69, 9.17) is 9.47 Å². The Morgan fingerprint density at radius 2 is 1.82 bits per heavy atom. The molecule has 0 aliphatic heterocycles. The summed E-state index contributed by atoms with van der Waals surface area (Å²) < 4.78 is 11.0. The smallest absolute Gasteiger partial charge is 0.119 e. The van der Waals surface area contributed by atoms with E-state index in [1.54, 1.807) is 0 Å². The van der Waals surface area contributed by atoms with Crippen LogP contribution >= 0.6 is 0 Å². The number of likely N-dealkylation sites (N-methyl/N-ethyl adjacent to an activating group) is 1. The molecule has 0 aliphatic carbocycles. The molecule has 0 heterocycles. The molecule has 0 radical (unpaired) electrons. The van der Waals surface area contributed by atoms with Crippen LogP contribution in [0.1, 0.15) is 18.9 Å². The van der Waals surface area contributed by atoms with E-state index in [2.05, 4.69) is 24.4 Å². The zero-order valence-corrected chi connectivity index (χ0v) is 10.9. The van der Waals surface area contributed by atoms with Crippen molar-refractivity contribution in [2.24, 2.45) is 0 Å². The molecule has 0 atom stereocenters. The summed E-state index contributed by atoms with van der Waals surface area (Å²) >= 11 is 0. The average molecular weight is 237 g/mol. The van der Waals surface area contributed by atoms with Gasteiger partial charge in [0.25, 0.3) is 0 Å². The molecule has 0 aromatic heterocycles. The van der Waals surface area contributed by atoms with E-state index in [1.807, 2.05) is 19.2 Å². The summed E-state index contributed by atoms with van der Waals surface area (Å²) in [6.45, 7) is 5.29. The van der Waals surface area contributed by atoms with Gasteiger partial charge in [0.1, 0.15) is 5.75 Å². The average Bonchev–Trinajstić information content (AvgIpc) is 2.38. The molecule has 1 N–H and O–H groups in total. The molecule has 1 aromatic carbocycles. The first-order valence-electron chi connectivity index (χ1n) is 6.31. The maximum atomic E-state index is 5.62. The van der Waals surface area contributed by atoms with Gasteiger partial charge in [0, 0.05) is 19.6 Å². The lowest BCUT2D eigenvalue weighted by atomic mass is 10.2. The summed E-state index contributed by atoms with van der Waals surface area (Å²) in [7, 11) is 1.92. The van der Waals surface area contributed by atoms with E-state index < -0.39 is 0 Å². The van der Waals surface area contributed by atoms with Crippen LogP contribution in [-0.2, 0) is 11.2 Å². The topological polar surface area (TPSA) is 30.5 Å². The largest absolute Gasteiger partial charge is 0.494 e. The molecule has 0 saturated carbocycles. The van der Waals surface area contributed by atoms with E-state index in [9.17, 15) is 0 Å². The summed E-state index contributed by atoms with van der Waals surface area (Å²) in [4.78, 5) is 0. The molecule has 96 valence electrons. The number of nitrogens with one attached hydrogen (secondary N) is 1. The Morgan fingerprint density at radius 3 is 2.47 bits per heavy atom. The third-order valence-electron chi connectivity index (χ3n) is 2.53. The molecule has 3 heteroatoms. The van der Waals surface area contributed by atoms with E-state index in [0.29, 0.717) is 6.61 Å². The fourth-order valence-electron chi connectivity index (χ4n) is 1.45. The van der Waals surface area contributed by atoms with Gasteiger partial charge in [0.15, 0.2) is 0 Å². The maximum Gasteiger partial charge on any atom is 0.119 e. The van der Waals surface area contributed by atoms with Crippen molar-refractivity contribution in [1.29, 1.82) is 0 Å². The highest BCUT2D eigenvalue weighted by Crippen LogP contribution is 2.12. The molecule has 0 aliphatic rings. The minimum Gasteiger partial charge on any atom is -0.494 e. The Labute approximate surface area is 104 Å². The Bertz CT molecular complexity index is 285. The van der Waals surface area contributed by atoms with Gasteiger partial charge in [-0.25, -0.2) is 0 Å². The van der Waals surface area contributed by atoms with E-state index >= 15 is 0 Å². The number of rotatable bonds is 9. The molecule has 0 fully saturated rings. The highest BCUT2D eigenvalue weighted by atomic mass is 16.5. The lowest BCUT2D eigenvalue weighted by Gasteiger charge is -2.07. The Kier molecular flexibility index (Phi) is 7.43. The van der Waals surface area contributed by atoms with Crippen LogP contribution in [0, 0.1) is 0 Å². The second-order valence-electron chi connectivity index (χ2n) is 3.92. The van der Waals surface area contributed by atoms with Gasteiger partial charge in [-0.15, -0.1) is 0 Å². The van der Waals surface area contributed by atoms with Crippen molar-refractivity contribution < 1.29 is 9.47 Å². The molecule has 0 unspecified atom stereocenters. The highest BCUT2D eigenvalue weighted by molar-refractivity contribution is 5.27. The third kappa shape index (κ3) is 6.29. The van der Waals surface area contributed by atoms with Gasteiger partial charge in [-0.05, 0) is 31.2 Å². The van der Waals surface area contributed by atoms with Crippen LogP contribution in [0.4, 0.5) is 0 Å². The monoisotopic (exact) mass is 237 g/mol. The molecular weight excluding hydrogens is 214 g/mol. The van der Waals surface area contributed by atoms with Crippen molar-refractivity contribution in [1.82, 2.24) is 5.32 Å². The molecule has 0 bridgehead atoms. The zero-order chi connectivity index (χ0) is 12.3. The van der Waals surface area contributed by atoms with E-state index in [1.165, 1.54) is 5.56 Å². The number of hydrogen-bond acceptors (Lipinski definition) is 3. The predicted octanol–water partition coefficient (Wildman–Crippen LogP) is 2.25. The van der Waals surface area contributed by atoms with Crippen LogP contribution in [0.25, 0.3) is 0 Å². The normalized spacial score (nSPS) is 10.5. The van der Waals surface area contributed by atoms with Gasteiger partial charge in [0.2, 0.25) is 0 Å². The van der Waals surface area contributed by atoms with Crippen LogP contribution in [0.15, 0.2) is 24.3 Å². The second kappa shape index (κ2) is 9.02. The Balaban J connectivity index is 2.05. The number of benzene rings is 1. The van der Waals surface area contributed by atoms with Crippen molar-refractivity contribution in [2.45, 2.75) is 19.8 Å². The zero-order valence-electron chi connectivity index (χ0n) is 10.9. The van der Waals surface area contributed by atoms with Crippen molar-refractivity contribution >= 4 is 0 Å². The van der Waals surface area contributed by atoms with Crippen molar-refractivity contribution in [3.63, 3.8) is 0 Å². The molecule has 17 heavy (non-hydrogen) atoms. The summed E-state index contributed by atoms with van der Waals surface area (Å²) in [5.41, 5.74) is 1.34. The summed E-state index contributed by atoms with van der Waals surface area (Å²) in [5, 5.41) is 3.04. The SMILES string of the molecule is CCc1ccc(OCCCOCCNC)cc1. The fraction of sp³-hybridized carbons (Fsp3) is 0.571. The standard InChI is InChI=1S/C14H23NO2/c1-3-13-5-7-14(8-6-13)17-11-4-10-16-12-9-15-2/h5-8,15H,3-4,9-12H2,1-2H3. The van der Waals surface area contributed by atoms with Crippen molar-refractivity contribution in [2.75, 3.05) is 33.4 Å². The molecule has 0 saturated heterocycles.